The first-order chi connectivity index (χ1) is 13.9. The summed E-state index contributed by atoms with van der Waals surface area (Å²) in [5.41, 5.74) is 0.480. The Labute approximate surface area is 166 Å². The summed E-state index contributed by atoms with van der Waals surface area (Å²) in [5, 5.41) is 13.7. The number of carbonyl (C=O) groups excluding carboxylic acids is 2. The number of likely N-dealkylation sites (tertiary alicyclic amines) is 1. The number of nitrogens with zero attached hydrogens (tertiary/aromatic N) is 2. The normalized spacial score (nSPS) is 14.3. The Morgan fingerprint density at radius 1 is 1.17 bits per heavy atom. The van der Waals surface area contributed by atoms with Crippen LogP contribution in [-0.4, -0.2) is 41.8 Å². The van der Waals surface area contributed by atoms with Crippen LogP contribution in [0, 0.1) is 21.8 Å². The standard InChI is InChI=1S/C20H20FN3O5/c1-29-18-7-6-16(24(27)28)12-17(18)22-19(25)13-8-10-23(11-9-13)20(26)14-2-4-15(21)5-3-14/h2-7,12-13H,8-11H2,1H3,(H,22,25). The summed E-state index contributed by atoms with van der Waals surface area (Å²) in [7, 11) is 1.41. The molecule has 0 unspecified atom stereocenters. The van der Waals surface area contributed by atoms with Crippen LogP contribution >= 0.6 is 0 Å². The number of piperidine rings is 1. The van der Waals surface area contributed by atoms with Gasteiger partial charge in [-0.15, -0.1) is 0 Å². The van der Waals surface area contributed by atoms with E-state index in [1.54, 1.807) is 4.90 Å². The fourth-order valence-electron chi connectivity index (χ4n) is 3.26. The number of non-ortho nitro benzene ring substituents is 1. The second-order valence-electron chi connectivity index (χ2n) is 6.70. The second kappa shape index (κ2) is 8.68. The number of nitro groups is 1. The molecular formula is C20H20FN3O5. The average molecular weight is 401 g/mol. The van der Waals surface area contributed by atoms with Gasteiger partial charge in [-0.2, -0.15) is 0 Å². The summed E-state index contributed by atoms with van der Waals surface area (Å²) in [5.74, 6) is -0.903. The molecule has 2 aromatic carbocycles. The van der Waals surface area contributed by atoms with Gasteiger partial charge in [0, 0.05) is 36.7 Å². The molecule has 3 rings (SSSR count). The Morgan fingerprint density at radius 2 is 1.83 bits per heavy atom. The highest BCUT2D eigenvalue weighted by atomic mass is 19.1. The fourth-order valence-corrected chi connectivity index (χ4v) is 3.26. The molecule has 152 valence electrons. The predicted molar refractivity (Wildman–Crippen MR) is 103 cm³/mol. The molecule has 8 nitrogen and oxygen atoms in total. The molecule has 0 saturated carbocycles. The Hall–Kier alpha value is -3.49. The molecule has 1 heterocycles. The average Bonchev–Trinajstić information content (AvgIpc) is 2.73. The van der Waals surface area contributed by atoms with Gasteiger partial charge < -0.3 is 15.0 Å². The smallest absolute Gasteiger partial charge is 0.271 e. The van der Waals surface area contributed by atoms with Crippen molar-refractivity contribution in [2.45, 2.75) is 12.8 Å². The fraction of sp³-hybridized carbons (Fsp3) is 0.300. The summed E-state index contributed by atoms with van der Waals surface area (Å²) >= 11 is 0. The third-order valence-electron chi connectivity index (χ3n) is 4.90. The first-order valence-electron chi connectivity index (χ1n) is 9.07. The van der Waals surface area contributed by atoms with Gasteiger partial charge in [0.2, 0.25) is 5.91 Å². The molecular weight excluding hydrogens is 381 g/mol. The van der Waals surface area contributed by atoms with Gasteiger partial charge in [-0.1, -0.05) is 0 Å². The zero-order valence-electron chi connectivity index (χ0n) is 15.8. The maximum Gasteiger partial charge on any atom is 0.271 e. The SMILES string of the molecule is COc1ccc([N+](=O)[O-])cc1NC(=O)C1CCN(C(=O)c2ccc(F)cc2)CC1. The van der Waals surface area contributed by atoms with Crippen LogP contribution in [0.1, 0.15) is 23.2 Å². The first kappa shape index (κ1) is 20.2. The number of methoxy groups -OCH3 is 1. The Morgan fingerprint density at radius 3 is 2.41 bits per heavy atom. The van der Waals surface area contributed by atoms with E-state index >= 15 is 0 Å². The van der Waals surface area contributed by atoms with Crippen molar-refractivity contribution in [3.8, 4) is 5.75 Å². The number of nitro benzene ring substituents is 1. The van der Waals surface area contributed by atoms with E-state index in [2.05, 4.69) is 5.32 Å². The molecule has 2 aromatic rings. The highest BCUT2D eigenvalue weighted by molar-refractivity contribution is 5.96. The van der Waals surface area contributed by atoms with Gasteiger partial charge in [-0.3, -0.25) is 19.7 Å². The van der Waals surface area contributed by atoms with E-state index in [1.807, 2.05) is 0 Å². The molecule has 0 radical (unpaired) electrons. The Balaban J connectivity index is 1.62. The van der Waals surface area contributed by atoms with Crippen LogP contribution in [0.25, 0.3) is 0 Å². The summed E-state index contributed by atoms with van der Waals surface area (Å²) in [4.78, 5) is 37.2. The minimum Gasteiger partial charge on any atom is -0.495 e. The van der Waals surface area contributed by atoms with Crippen LogP contribution in [0.4, 0.5) is 15.8 Å². The lowest BCUT2D eigenvalue weighted by Gasteiger charge is -2.31. The number of hydrogen-bond donors (Lipinski definition) is 1. The lowest BCUT2D eigenvalue weighted by Crippen LogP contribution is -2.41. The molecule has 0 aliphatic carbocycles. The molecule has 1 aliphatic rings. The highest BCUT2D eigenvalue weighted by Gasteiger charge is 2.28. The van der Waals surface area contributed by atoms with Gasteiger partial charge in [0.15, 0.2) is 0 Å². The number of benzene rings is 2. The molecule has 0 bridgehead atoms. The number of carbonyl (C=O) groups is 2. The minimum atomic E-state index is -0.547. The summed E-state index contributed by atoms with van der Waals surface area (Å²) in [6.45, 7) is 0.779. The monoisotopic (exact) mass is 401 g/mol. The molecule has 0 spiro atoms. The van der Waals surface area contributed by atoms with Crippen molar-refractivity contribution in [2.24, 2.45) is 5.92 Å². The first-order valence-corrected chi connectivity index (χ1v) is 9.07. The van der Waals surface area contributed by atoms with E-state index in [4.69, 9.17) is 4.74 Å². The lowest BCUT2D eigenvalue weighted by molar-refractivity contribution is -0.384. The summed E-state index contributed by atoms with van der Waals surface area (Å²) < 4.78 is 18.2. The van der Waals surface area contributed by atoms with Crippen molar-refractivity contribution < 1.29 is 23.6 Å². The van der Waals surface area contributed by atoms with Gasteiger partial charge >= 0.3 is 0 Å². The molecule has 9 heteroatoms. The number of halogens is 1. The van der Waals surface area contributed by atoms with Gasteiger partial charge in [0.1, 0.15) is 11.6 Å². The number of nitrogens with one attached hydrogen (secondary N) is 1. The van der Waals surface area contributed by atoms with E-state index in [0.29, 0.717) is 37.2 Å². The predicted octanol–water partition coefficient (Wildman–Crippen LogP) is 3.23. The zero-order chi connectivity index (χ0) is 21.0. The van der Waals surface area contributed by atoms with Crippen LogP contribution in [0.3, 0.4) is 0 Å². The van der Waals surface area contributed by atoms with E-state index in [0.717, 1.165) is 0 Å². The number of rotatable bonds is 5. The van der Waals surface area contributed by atoms with Gasteiger partial charge in [-0.25, -0.2) is 4.39 Å². The van der Waals surface area contributed by atoms with E-state index in [9.17, 15) is 24.1 Å². The van der Waals surface area contributed by atoms with Gasteiger partial charge in [0.25, 0.3) is 11.6 Å². The second-order valence-corrected chi connectivity index (χ2v) is 6.70. The van der Waals surface area contributed by atoms with Crippen LogP contribution in [-0.2, 0) is 4.79 Å². The van der Waals surface area contributed by atoms with Crippen molar-refractivity contribution in [3.63, 3.8) is 0 Å². The quantitative estimate of drug-likeness (QED) is 0.612. The van der Waals surface area contributed by atoms with E-state index in [-0.39, 0.29) is 29.1 Å². The largest absolute Gasteiger partial charge is 0.495 e. The molecule has 1 saturated heterocycles. The number of hydrogen-bond acceptors (Lipinski definition) is 5. The lowest BCUT2D eigenvalue weighted by atomic mass is 9.95. The van der Waals surface area contributed by atoms with Crippen molar-refractivity contribution in [1.82, 2.24) is 4.90 Å². The third-order valence-corrected chi connectivity index (χ3v) is 4.90. The number of anilines is 1. The van der Waals surface area contributed by atoms with Crippen LogP contribution in [0.5, 0.6) is 5.75 Å². The molecule has 1 aliphatic heterocycles. The maximum atomic E-state index is 13.0. The van der Waals surface area contributed by atoms with Crippen molar-refractivity contribution in [3.05, 3.63) is 64.0 Å². The number of amides is 2. The molecule has 0 aromatic heterocycles. The molecule has 0 atom stereocenters. The minimum absolute atomic E-state index is 0.152. The summed E-state index contributed by atoms with van der Waals surface area (Å²) in [6, 6.07) is 9.32. The van der Waals surface area contributed by atoms with Crippen molar-refractivity contribution >= 4 is 23.2 Å². The third kappa shape index (κ3) is 4.68. The van der Waals surface area contributed by atoms with Crippen LogP contribution in [0.15, 0.2) is 42.5 Å². The Kier molecular flexibility index (Phi) is 6.06. The molecule has 2 amide bonds. The van der Waals surface area contributed by atoms with Gasteiger partial charge in [-0.05, 0) is 43.2 Å². The van der Waals surface area contributed by atoms with Crippen LogP contribution in [0.2, 0.25) is 0 Å². The zero-order valence-corrected chi connectivity index (χ0v) is 15.8. The molecule has 29 heavy (non-hydrogen) atoms. The van der Waals surface area contributed by atoms with Crippen LogP contribution < -0.4 is 10.1 Å². The molecule has 1 fully saturated rings. The van der Waals surface area contributed by atoms with E-state index in [1.165, 1.54) is 49.6 Å². The highest BCUT2D eigenvalue weighted by Crippen LogP contribution is 2.30. The van der Waals surface area contributed by atoms with Crippen molar-refractivity contribution in [2.75, 3.05) is 25.5 Å². The topological polar surface area (TPSA) is 102 Å². The maximum absolute atomic E-state index is 13.0. The van der Waals surface area contributed by atoms with E-state index < -0.39 is 10.7 Å². The Bertz CT molecular complexity index is 924. The van der Waals surface area contributed by atoms with Crippen molar-refractivity contribution in [1.29, 1.82) is 0 Å². The number of ether oxygens (including phenoxy) is 1. The summed E-state index contributed by atoms with van der Waals surface area (Å²) in [6.07, 6.45) is 0.909. The molecule has 1 N–H and O–H groups in total. The van der Waals surface area contributed by atoms with Gasteiger partial charge in [0.05, 0.1) is 17.7 Å².